The van der Waals surface area contributed by atoms with Crippen LogP contribution in [0.2, 0.25) is 0 Å². The Balaban J connectivity index is 1.50. The maximum absolute atomic E-state index is 12.8. The summed E-state index contributed by atoms with van der Waals surface area (Å²) < 4.78 is 26.8. The topological polar surface area (TPSA) is 101 Å². The van der Waals surface area contributed by atoms with Gasteiger partial charge in [0, 0.05) is 17.2 Å². The second-order valence-electron chi connectivity index (χ2n) is 7.29. The summed E-state index contributed by atoms with van der Waals surface area (Å²) in [6, 6.07) is 5.30. The predicted molar refractivity (Wildman–Crippen MR) is 116 cm³/mol. The Bertz CT molecular complexity index is 1100. The largest absolute Gasteiger partial charge is 0.341 e. The number of nitrogens with zero attached hydrogens (tertiary/aromatic N) is 2. The highest BCUT2D eigenvalue weighted by Crippen LogP contribution is 2.46. The van der Waals surface area contributed by atoms with Gasteiger partial charge >= 0.3 is 0 Å². The third-order valence-corrected chi connectivity index (χ3v) is 7.78. The molecule has 29 heavy (non-hydrogen) atoms. The first-order valence-electron chi connectivity index (χ1n) is 9.42. The molecule has 0 atom stereocenters. The highest BCUT2D eigenvalue weighted by molar-refractivity contribution is 7.93. The number of aromatic nitrogens is 1. The van der Waals surface area contributed by atoms with Crippen molar-refractivity contribution in [3.63, 3.8) is 0 Å². The van der Waals surface area contributed by atoms with E-state index in [1.807, 2.05) is 18.4 Å². The van der Waals surface area contributed by atoms with Gasteiger partial charge in [-0.2, -0.15) is 0 Å². The normalized spacial score (nSPS) is 17.8. The highest BCUT2D eigenvalue weighted by Gasteiger charge is 2.48. The molecule has 0 aliphatic heterocycles. The smallest absolute Gasteiger partial charge is 0.252 e. The molecule has 9 heteroatoms. The quantitative estimate of drug-likeness (QED) is 0.622. The molecule has 152 valence electrons. The molecule has 2 saturated carbocycles. The van der Waals surface area contributed by atoms with Gasteiger partial charge in [0.1, 0.15) is 0 Å². The number of hydrogen-bond acceptors (Lipinski definition) is 6. The molecular weight excluding hydrogens is 408 g/mol. The monoisotopic (exact) mass is 430 g/mol. The summed E-state index contributed by atoms with van der Waals surface area (Å²) in [5.41, 5.74) is 2.20. The summed E-state index contributed by atoms with van der Waals surface area (Å²) in [4.78, 5) is 21.6. The van der Waals surface area contributed by atoms with E-state index in [1.54, 1.807) is 24.4 Å². The minimum Gasteiger partial charge on any atom is -0.341 e. The third-order valence-electron chi connectivity index (χ3n) is 5.07. The van der Waals surface area contributed by atoms with E-state index < -0.39 is 15.6 Å². The summed E-state index contributed by atoms with van der Waals surface area (Å²) in [6.45, 7) is 5.59. The number of carbonyl (C=O) groups excluding carboxylic acids is 1. The van der Waals surface area contributed by atoms with Gasteiger partial charge in [-0.15, -0.1) is 11.3 Å². The van der Waals surface area contributed by atoms with E-state index in [4.69, 9.17) is 0 Å². The zero-order valence-electron chi connectivity index (χ0n) is 16.0. The van der Waals surface area contributed by atoms with Crippen LogP contribution in [0.25, 0.3) is 6.08 Å². The van der Waals surface area contributed by atoms with Crippen molar-refractivity contribution in [1.29, 1.82) is 0 Å². The number of thiazole rings is 1. The van der Waals surface area contributed by atoms with E-state index in [2.05, 4.69) is 26.6 Å². The summed E-state index contributed by atoms with van der Waals surface area (Å²) >= 11 is 1.24. The molecule has 2 fully saturated rings. The van der Waals surface area contributed by atoms with Crippen molar-refractivity contribution in [3.05, 3.63) is 47.0 Å². The van der Waals surface area contributed by atoms with Gasteiger partial charge in [0.25, 0.3) is 5.91 Å². The lowest BCUT2D eigenvalue weighted by Crippen LogP contribution is -2.35. The fourth-order valence-electron chi connectivity index (χ4n) is 3.09. The van der Waals surface area contributed by atoms with Crippen molar-refractivity contribution in [2.75, 3.05) is 4.72 Å². The molecule has 1 aromatic heterocycles. The molecule has 1 aromatic carbocycles. The van der Waals surface area contributed by atoms with E-state index in [9.17, 15) is 13.2 Å². The molecule has 2 aromatic rings. The maximum atomic E-state index is 12.8. The van der Waals surface area contributed by atoms with Crippen molar-refractivity contribution in [1.82, 2.24) is 10.3 Å². The standard InChI is InChI=1S/C20H22N4O3S2/c1-3-13-5-6-14(11-16(13)21-4-2)18(25)23-20(9-10-20)17-12-28-19(22-17)24-29(26,27)15-7-8-15/h3-6,11-12,15H,1,7-10H2,2H3,(H,22,24)(H,23,25). The first kappa shape index (κ1) is 19.8. The average Bonchev–Trinajstić information content (AvgIpc) is 3.61. The number of rotatable bonds is 8. The molecule has 2 N–H and O–H groups in total. The first-order chi connectivity index (χ1) is 13.9. The van der Waals surface area contributed by atoms with Crippen LogP contribution in [-0.2, 0) is 15.6 Å². The van der Waals surface area contributed by atoms with Crippen molar-refractivity contribution >= 4 is 50.4 Å². The summed E-state index contributed by atoms with van der Waals surface area (Å²) in [5.74, 6) is -0.209. The van der Waals surface area contributed by atoms with Gasteiger partial charge in [-0.1, -0.05) is 18.7 Å². The van der Waals surface area contributed by atoms with E-state index in [1.165, 1.54) is 11.3 Å². The van der Waals surface area contributed by atoms with Gasteiger partial charge in [0.2, 0.25) is 10.0 Å². The third kappa shape index (κ3) is 4.11. The highest BCUT2D eigenvalue weighted by atomic mass is 32.2. The number of nitrogens with one attached hydrogen (secondary N) is 2. The van der Waals surface area contributed by atoms with Crippen LogP contribution in [0.3, 0.4) is 0 Å². The predicted octanol–water partition coefficient (Wildman–Crippen LogP) is 3.83. The molecule has 0 unspecified atom stereocenters. The molecule has 1 heterocycles. The van der Waals surface area contributed by atoms with E-state index in [0.717, 1.165) is 18.4 Å². The SMILES string of the molecule is C=Cc1ccc(C(=O)NC2(c3csc(NS(=O)(=O)C4CC4)n3)CC2)cc1N=CC. The number of hydrogen-bond donors (Lipinski definition) is 2. The Kier molecular flexibility index (Phi) is 5.04. The van der Waals surface area contributed by atoms with Crippen molar-refractivity contribution in [2.45, 2.75) is 43.4 Å². The van der Waals surface area contributed by atoms with Gasteiger partial charge in [-0.3, -0.25) is 14.5 Å². The van der Waals surface area contributed by atoms with E-state index in [-0.39, 0.29) is 11.2 Å². The summed E-state index contributed by atoms with van der Waals surface area (Å²) in [6.07, 6.45) is 6.30. The molecule has 0 radical (unpaired) electrons. The first-order valence-corrected chi connectivity index (χ1v) is 11.8. The minimum absolute atomic E-state index is 0.209. The zero-order chi connectivity index (χ0) is 20.6. The lowest BCUT2D eigenvalue weighted by Gasteiger charge is -2.16. The number of sulfonamides is 1. The maximum Gasteiger partial charge on any atom is 0.252 e. The Morgan fingerprint density at radius 3 is 2.76 bits per heavy atom. The van der Waals surface area contributed by atoms with Crippen LogP contribution in [0.4, 0.5) is 10.8 Å². The van der Waals surface area contributed by atoms with Crippen molar-refractivity contribution < 1.29 is 13.2 Å². The van der Waals surface area contributed by atoms with Gasteiger partial charge in [0.15, 0.2) is 5.13 Å². The zero-order valence-corrected chi connectivity index (χ0v) is 17.6. The molecule has 0 saturated heterocycles. The van der Waals surface area contributed by atoms with Gasteiger partial charge in [-0.25, -0.2) is 13.4 Å². The Hall–Kier alpha value is -2.52. The lowest BCUT2D eigenvalue weighted by molar-refractivity contribution is 0.0930. The molecule has 0 bridgehead atoms. The Morgan fingerprint density at radius 2 is 2.14 bits per heavy atom. The molecule has 2 aliphatic rings. The molecule has 2 aliphatic carbocycles. The van der Waals surface area contributed by atoms with Crippen LogP contribution in [-0.4, -0.2) is 30.8 Å². The van der Waals surface area contributed by atoms with Crippen LogP contribution < -0.4 is 10.0 Å². The summed E-state index contributed by atoms with van der Waals surface area (Å²) in [5, 5.41) is 4.93. The van der Waals surface area contributed by atoms with Crippen LogP contribution in [0.15, 0.2) is 35.2 Å². The van der Waals surface area contributed by atoms with Crippen LogP contribution in [0, 0.1) is 0 Å². The van der Waals surface area contributed by atoms with E-state index >= 15 is 0 Å². The van der Waals surface area contributed by atoms with Gasteiger partial charge < -0.3 is 5.32 Å². The van der Waals surface area contributed by atoms with Gasteiger partial charge in [-0.05, 0) is 50.3 Å². The van der Waals surface area contributed by atoms with Gasteiger partial charge in [0.05, 0.1) is 22.2 Å². The fraction of sp³-hybridized carbons (Fsp3) is 0.350. The Morgan fingerprint density at radius 1 is 1.38 bits per heavy atom. The second-order valence-corrected chi connectivity index (χ2v) is 10.1. The molecule has 4 rings (SSSR count). The van der Waals surface area contributed by atoms with Crippen LogP contribution in [0.5, 0.6) is 0 Å². The number of benzene rings is 1. The number of aliphatic imine (C=N–C) groups is 1. The second kappa shape index (κ2) is 7.38. The van der Waals surface area contributed by atoms with Crippen molar-refractivity contribution in [2.24, 2.45) is 4.99 Å². The molecule has 7 nitrogen and oxygen atoms in total. The minimum atomic E-state index is -3.35. The van der Waals surface area contributed by atoms with E-state index in [0.29, 0.717) is 34.9 Å². The number of anilines is 1. The average molecular weight is 431 g/mol. The number of carbonyl (C=O) groups is 1. The molecule has 0 spiro atoms. The van der Waals surface area contributed by atoms with Crippen LogP contribution >= 0.6 is 11.3 Å². The van der Waals surface area contributed by atoms with Crippen molar-refractivity contribution in [3.8, 4) is 0 Å². The lowest BCUT2D eigenvalue weighted by atomic mass is 10.1. The molecule has 1 amide bonds. The Labute approximate surface area is 174 Å². The molecular formula is C20H22N4O3S2. The fourth-order valence-corrected chi connectivity index (χ4v) is 5.50. The summed E-state index contributed by atoms with van der Waals surface area (Å²) in [7, 11) is -3.35. The number of amides is 1. The van der Waals surface area contributed by atoms with Crippen LogP contribution in [0.1, 0.15) is 54.2 Å².